The number of hydrogen-bond acceptors (Lipinski definition) is 1. The fourth-order valence-corrected chi connectivity index (χ4v) is 8.79. The molecule has 0 fully saturated rings. The summed E-state index contributed by atoms with van der Waals surface area (Å²) in [5.74, 6) is 0.178. The minimum absolute atomic E-state index is 0.178. The van der Waals surface area contributed by atoms with Crippen molar-refractivity contribution in [1.82, 2.24) is 0 Å². The molecule has 0 aliphatic carbocycles. The molecule has 0 aliphatic rings. The molecule has 122 valence electrons. The zero-order valence-corrected chi connectivity index (χ0v) is 15.3. The van der Waals surface area contributed by atoms with Crippen LogP contribution in [0.4, 0.5) is 0 Å². The van der Waals surface area contributed by atoms with Gasteiger partial charge in [0.2, 0.25) is 0 Å². The molecule has 0 radical (unpaired) electrons. The van der Waals surface area contributed by atoms with E-state index in [0.717, 1.165) is 0 Å². The number of benzene rings is 3. The van der Waals surface area contributed by atoms with E-state index in [-0.39, 0.29) is 5.92 Å². The van der Waals surface area contributed by atoms with Crippen LogP contribution in [0.3, 0.4) is 0 Å². The molecule has 1 N–H and O–H groups in total. The Balaban J connectivity index is 2.37. The quantitative estimate of drug-likeness (QED) is 0.563. The van der Waals surface area contributed by atoms with E-state index in [0.29, 0.717) is 0 Å². The van der Waals surface area contributed by atoms with E-state index < -0.39 is 13.8 Å². The summed E-state index contributed by atoms with van der Waals surface area (Å²) >= 11 is 0. The van der Waals surface area contributed by atoms with Crippen molar-refractivity contribution in [3.63, 3.8) is 0 Å². The van der Waals surface area contributed by atoms with E-state index in [2.05, 4.69) is 86.6 Å². The molecule has 0 bridgehead atoms. The van der Waals surface area contributed by atoms with E-state index >= 15 is 0 Å². The minimum Gasteiger partial charge on any atom is -0.395 e. The summed E-state index contributed by atoms with van der Waals surface area (Å²) < 4.78 is 0. The van der Waals surface area contributed by atoms with Gasteiger partial charge in [-0.15, -0.1) is 0 Å². The molecule has 2 heteroatoms. The van der Waals surface area contributed by atoms with Crippen LogP contribution in [0.2, 0.25) is 0 Å². The van der Waals surface area contributed by atoms with Crippen LogP contribution >= 0.6 is 0 Å². The van der Waals surface area contributed by atoms with Gasteiger partial charge in [0.25, 0.3) is 0 Å². The molecule has 0 spiro atoms. The molecule has 3 rings (SSSR count). The van der Waals surface area contributed by atoms with Gasteiger partial charge in [0.1, 0.15) is 0 Å². The van der Waals surface area contributed by atoms with Crippen molar-refractivity contribution in [3.05, 3.63) is 91.0 Å². The third kappa shape index (κ3) is 2.83. The van der Waals surface area contributed by atoms with Crippen LogP contribution in [0.15, 0.2) is 91.0 Å². The third-order valence-corrected chi connectivity index (χ3v) is 10.0. The fraction of sp³-hybridized carbons (Fsp3) is 0.182. The van der Waals surface area contributed by atoms with E-state index in [4.69, 9.17) is 0 Å². The summed E-state index contributed by atoms with van der Waals surface area (Å²) in [7, 11) is -2.53. The van der Waals surface area contributed by atoms with Crippen molar-refractivity contribution in [2.24, 2.45) is 5.92 Å². The summed E-state index contributed by atoms with van der Waals surface area (Å²) in [6, 6.07) is 31.7. The fourth-order valence-electron chi connectivity index (χ4n) is 3.62. The van der Waals surface area contributed by atoms with Gasteiger partial charge >= 0.3 is 0 Å². The third-order valence-electron chi connectivity index (χ3n) is 4.76. The number of aliphatic hydroxyl groups excluding tert-OH is 1. The topological polar surface area (TPSA) is 20.2 Å². The molecule has 24 heavy (non-hydrogen) atoms. The van der Waals surface area contributed by atoms with Crippen LogP contribution in [-0.2, 0) is 0 Å². The standard InChI is InChI=1S/C22H24OSi/c1-18(2)22(23)24(19-12-6-3-7-13-19,20-14-8-4-9-15-20)21-16-10-5-11-17-21/h3-18,22-23H,1-2H3. The van der Waals surface area contributed by atoms with E-state index in [9.17, 15) is 5.11 Å². The lowest BCUT2D eigenvalue weighted by molar-refractivity contribution is 0.196. The normalized spacial score (nSPS) is 13.0. The predicted octanol–water partition coefficient (Wildman–Crippen LogP) is 2.71. The first-order valence-corrected chi connectivity index (χ1v) is 10.6. The number of hydrogen-bond donors (Lipinski definition) is 1. The first kappa shape index (κ1) is 16.7. The monoisotopic (exact) mass is 332 g/mol. The molecule has 0 aromatic heterocycles. The zero-order chi connectivity index (χ0) is 17.0. The average molecular weight is 333 g/mol. The van der Waals surface area contributed by atoms with E-state index in [1.54, 1.807) is 0 Å². The van der Waals surface area contributed by atoms with Crippen molar-refractivity contribution in [2.75, 3.05) is 0 Å². The Kier molecular flexibility index (Phi) is 4.98. The average Bonchev–Trinajstić information content (AvgIpc) is 2.65. The highest BCUT2D eigenvalue weighted by molar-refractivity contribution is 7.12. The highest BCUT2D eigenvalue weighted by Crippen LogP contribution is 2.18. The molecule has 1 unspecified atom stereocenters. The maximum absolute atomic E-state index is 11.5. The Morgan fingerprint density at radius 1 is 0.583 bits per heavy atom. The van der Waals surface area contributed by atoms with Crippen molar-refractivity contribution in [1.29, 1.82) is 0 Å². The van der Waals surface area contributed by atoms with Gasteiger partial charge in [-0.05, 0) is 21.5 Å². The lowest BCUT2D eigenvalue weighted by atomic mass is 10.2. The van der Waals surface area contributed by atoms with Crippen molar-refractivity contribution < 1.29 is 5.11 Å². The first-order chi connectivity index (χ1) is 11.7. The number of aliphatic hydroxyl groups is 1. The van der Waals surface area contributed by atoms with Crippen LogP contribution in [0, 0.1) is 5.92 Å². The van der Waals surface area contributed by atoms with Crippen LogP contribution in [0.25, 0.3) is 0 Å². The highest BCUT2D eigenvalue weighted by Gasteiger charge is 2.46. The Morgan fingerprint density at radius 3 is 1.12 bits per heavy atom. The molecule has 1 atom stereocenters. The molecule has 1 nitrogen and oxygen atoms in total. The molecule has 0 saturated carbocycles. The predicted molar refractivity (Wildman–Crippen MR) is 105 cm³/mol. The van der Waals surface area contributed by atoms with Crippen molar-refractivity contribution >= 4 is 23.6 Å². The second-order valence-corrected chi connectivity index (χ2v) is 10.5. The van der Waals surface area contributed by atoms with Gasteiger partial charge in [0.15, 0.2) is 8.07 Å². The van der Waals surface area contributed by atoms with E-state index in [1.807, 2.05) is 18.2 Å². The summed E-state index contributed by atoms with van der Waals surface area (Å²) in [6.45, 7) is 4.22. The SMILES string of the molecule is CC(C)C(O)[Si](c1ccccc1)(c1ccccc1)c1ccccc1. The van der Waals surface area contributed by atoms with Gasteiger partial charge in [0, 0.05) is 0 Å². The van der Waals surface area contributed by atoms with Gasteiger partial charge in [-0.3, -0.25) is 0 Å². The number of rotatable bonds is 5. The molecular formula is C22H24OSi. The molecule has 0 amide bonds. The van der Waals surface area contributed by atoms with Crippen LogP contribution in [0.5, 0.6) is 0 Å². The second-order valence-electron chi connectivity index (χ2n) is 6.59. The molecule has 3 aromatic rings. The Bertz CT molecular complexity index is 657. The van der Waals surface area contributed by atoms with Crippen LogP contribution in [-0.4, -0.2) is 18.9 Å². The van der Waals surface area contributed by atoms with Gasteiger partial charge in [-0.25, -0.2) is 0 Å². The Morgan fingerprint density at radius 2 is 0.875 bits per heavy atom. The molecular weight excluding hydrogens is 308 g/mol. The molecule has 3 aromatic carbocycles. The smallest absolute Gasteiger partial charge is 0.178 e. The lowest BCUT2D eigenvalue weighted by Crippen LogP contribution is -2.75. The van der Waals surface area contributed by atoms with Crippen LogP contribution < -0.4 is 15.6 Å². The van der Waals surface area contributed by atoms with Gasteiger partial charge in [-0.1, -0.05) is 105 Å². The largest absolute Gasteiger partial charge is 0.395 e. The summed E-state index contributed by atoms with van der Waals surface area (Å²) in [6.07, 6.45) is 0. The Hall–Kier alpha value is -2.16. The highest BCUT2D eigenvalue weighted by atomic mass is 28.3. The summed E-state index contributed by atoms with van der Waals surface area (Å²) in [5, 5.41) is 15.2. The maximum Gasteiger partial charge on any atom is 0.178 e. The molecule has 0 saturated heterocycles. The van der Waals surface area contributed by atoms with Crippen molar-refractivity contribution in [2.45, 2.75) is 19.6 Å². The minimum atomic E-state index is -2.53. The summed E-state index contributed by atoms with van der Waals surface area (Å²) in [4.78, 5) is 0. The second kappa shape index (κ2) is 7.16. The van der Waals surface area contributed by atoms with Gasteiger partial charge in [-0.2, -0.15) is 0 Å². The Labute approximate surface area is 145 Å². The zero-order valence-electron chi connectivity index (χ0n) is 14.3. The lowest BCUT2D eigenvalue weighted by Gasteiger charge is -2.39. The van der Waals surface area contributed by atoms with Gasteiger partial charge < -0.3 is 5.11 Å². The van der Waals surface area contributed by atoms with E-state index in [1.165, 1.54) is 15.6 Å². The molecule has 0 heterocycles. The summed E-state index contributed by atoms with van der Waals surface area (Å²) in [5.41, 5.74) is -0.398. The molecule has 0 aliphatic heterocycles. The maximum atomic E-state index is 11.5. The van der Waals surface area contributed by atoms with Crippen molar-refractivity contribution in [3.8, 4) is 0 Å². The van der Waals surface area contributed by atoms with Gasteiger partial charge in [0.05, 0.1) is 5.73 Å². The van der Waals surface area contributed by atoms with Crippen LogP contribution in [0.1, 0.15) is 13.8 Å². The first-order valence-electron chi connectivity index (χ1n) is 8.52.